The molecular formula is C22H25N3O6S2. The van der Waals surface area contributed by atoms with E-state index in [1.165, 1.54) is 23.8 Å². The van der Waals surface area contributed by atoms with Crippen molar-refractivity contribution in [2.45, 2.75) is 13.3 Å². The highest BCUT2D eigenvalue weighted by molar-refractivity contribution is 8.26. The van der Waals surface area contributed by atoms with E-state index in [4.69, 9.17) is 17.0 Å². The van der Waals surface area contributed by atoms with Crippen LogP contribution >= 0.6 is 24.0 Å². The van der Waals surface area contributed by atoms with Crippen molar-refractivity contribution in [2.24, 2.45) is 0 Å². The third kappa shape index (κ3) is 6.11. The molecule has 3 amide bonds. The predicted octanol–water partition coefficient (Wildman–Crippen LogP) is 2.37. The van der Waals surface area contributed by atoms with Crippen LogP contribution in [0, 0.1) is 0 Å². The van der Waals surface area contributed by atoms with Crippen LogP contribution in [-0.4, -0.2) is 89.3 Å². The van der Waals surface area contributed by atoms with Gasteiger partial charge in [-0.3, -0.25) is 14.5 Å². The molecule has 2 fully saturated rings. The van der Waals surface area contributed by atoms with Crippen molar-refractivity contribution in [1.29, 1.82) is 0 Å². The fourth-order valence-electron chi connectivity index (χ4n) is 3.40. The van der Waals surface area contributed by atoms with Gasteiger partial charge < -0.3 is 19.3 Å². The quantitative estimate of drug-likeness (QED) is 0.340. The number of carbonyl (C=O) groups is 4. The lowest BCUT2D eigenvalue weighted by Crippen LogP contribution is -2.51. The molecule has 3 rings (SSSR count). The summed E-state index contributed by atoms with van der Waals surface area (Å²) in [5.41, 5.74) is 1.17. The molecule has 2 saturated heterocycles. The molecule has 0 atom stereocenters. The van der Waals surface area contributed by atoms with Gasteiger partial charge in [-0.2, -0.15) is 0 Å². The topological polar surface area (TPSA) is 96.5 Å². The minimum absolute atomic E-state index is 0.0880. The van der Waals surface area contributed by atoms with Gasteiger partial charge in [0.1, 0.15) is 4.32 Å². The summed E-state index contributed by atoms with van der Waals surface area (Å²) >= 11 is 6.52. The number of hydrogen-bond donors (Lipinski definition) is 0. The summed E-state index contributed by atoms with van der Waals surface area (Å²) in [6.07, 6.45) is 1.48. The van der Waals surface area contributed by atoms with Gasteiger partial charge in [-0.1, -0.05) is 36.1 Å². The van der Waals surface area contributed by atoms with E-state index < -0.39 is 5.97 Å². The molecule has 2 aliphatic rings. The fraction of sp³-hybridized carbons (Fsp3) is 0.409. The molecule has 0 aromatic heterocycles. The molecule has 0 N–H and O–H groups in total. The Bertz CT molecular complexity index is 971. The number of esters is 1. The van der Waals surface area contributed by atoms with E-state index in [9.17, 15) is 19.2 Å². The molecule has 0 bridgehead atoms. The molecule has 0 aliphatic carbocycles. The number of methoxy groups -OCH3 is 1. The highest BCUT2D eigenvalue weighted by atomic mass is 32.2. The summed E-state index contributed by atoms with van der Waals surface area (Å²) in [7, 11) is 1.32. The minimum atomic E-state index is -0.431. The Morgan fingerprint density at radius 2 is 1.73 bits per heavy atom. The summed E-state index contributed by atoms with van der Waals surface area (Å²) in [6.45, 7) is 3.96. The van der Waals surface area contributed by atoms with Crippen molar-refractivity contribution in [1.82, 2.24) is 14.7 Å². The van der Waals surface area contributed by atoms with Crippen LogP contribution in [0.4, 0.5) is 4.79 Å². The van der Waals surface area contributed by atoms with Crippen LogP contribution in [0.5, 0.6) is 0 Å². The Balaban J connectivity index is 1.53. The second kappa shape index (κ2) is 11.3. The summed E-state index contributed by atoms with van der Waals surface area (Å²) in [5.74, 6) is -0.767. The van der Waals surface area contributed by atoms with Gasteiger partial charge in [0.25, 0.3) is 5.91 Å². The summed E-state index contributed by atoms with van der Waals surface area (Å²) < 4.78 is 10.1. The van der Waals surface area contributed by atoms with E-state index in [1.54, 1.807) is 47.1 Å². The molecule has 11 heteroatoms. The number of thioether (sulfide) groups is 1. The van der Waals surface area contributed by atoms with Crippen molar-refractivity contribution in [3.63, 3.8) is 0 Å². The number of benzene rings is 1. The van der Waals surface area contributed by atoms with Crippen LogP contribution in [-0.2, 0) is 19.1 Å². The maximum Gasteiger partial charge on any atom is 0.409 e. The first kappa shape index (κ1) is 24.7. The molecular weight excluding hydrogens is 466 g/mol. The van der Waals surface area contributed by atoms with Crippen molar-refractivity contribution >= 4 is 58.3 Å². The number of piperazine rings is 1. The summed E-state index contributed by atoms with van der Waals surface area (Å²) in [6, 6.07) is 6.69. The molecule has 176 valence electrons. The van der Waals surface area contributed by atoms with Gasteiger partial charge in [0.05, 0.1) is 24.2 Å². The Morgan fingerprint density at radius 1 is 1.09 bits per heavy atom. The van der Waals surface area contributed by atoms with E-state index >= 15 is 0 Å². The van der Waals surface area contributed by atoms with Gasteiger partial charge >= 0.3 is 12.1 Å². The van der Waals surface area contributed by atoms with E-state index in [1.807, 2.05) is 0 Å². The molecule has 0 spiro atoms. The maximum atomic E-state index is 12.8. The Morgan fingerprint density at radius 3 is 2.33 bits per heavy atom. The lowest BCUT2D eigenvalue weighted by Gasteiger charge is -2.34. The van der Waals surface area contributed by atoms with Crippen molar-refractivity contribution in [3.05, 3.63) is 40.3 Å². The first-order chi connectivity index (χ1) is 15.8. The van der Waals surface area contributed by atoms with Crippen LogP contribution in [0.25, 0.3) is 6.08 Å². The van der Waals surface area contributed by atoms with Gasteiger partial charge in [0, 0.05) is 39.1 Å². The molecule has 33 heavy (non-hydrogen) atoms. The molecule has 0 unspecified atom stereocenters. The third-order valence-electron chi connectivity index (χ3n) is 5.21. The van der Waals surface area contributed by atoms with Crippen LogP contribution in [0.3, 0.4) is 0 Å². The lowest BCUT2D eigenvalue weighted by molar-refractivity contribution is -0.133. The molecule has 0 radical (unpaired) electrons. The highest BCUT2D eigenvalue weighted by Gasteiger charge is 2.33. The Hall–Kier alpha value is -2.92. The predicted molar refractivity (Wildman–Crippen MR) is 127 cm³/mol. The number of thiocarbonyl (C=S) groups is 1. The average Bonchev–Trinajstić information content (AvgIpc) is 3.09. The van der Waals surface area contributed by atoms with Gasteiger partial charge in [0.15, 0.2) is 0 Å². The number of amides is 3. The van der Waals surface area contributed by atoms with E-state index in [-0.39, 0.29) is 30.9 Å². The van der Waals surface area contributed by atoms with Crippen LogP contribution in [0.15, 0.2) is 29.2 Å². The zero-order valence-electron chi connectivity index (χ0n) is 18.4. The van der Waals surface area contributed by atoms with E-state index in [2.05, 4.69) is 4.74 Å². The van der Waals surface area contributed by atoms with Crippen LogP contribution in [0.2, 0.25) is 0 Å². The molecule has 9 nitrogen and oxygen atoms in total. The van der Waals surface area contributed by atoms with Crippen LogP contribution < -0.4 is 0 Å². The zero-order valence-corrected chi connectivity index (χ0v) is 20.1. The van der Waals surface area contributed by atoms with Gasteiger partial charge in [-0.25, -0.2) is 9.59 Å². The highest BCUT2D eigenvalue weighted by Crippen LogP contribution is 2.32. The SMILES string of the molecule is CCOC(=O)N1CCN(C(=O)CCN2C(=O)/C(=C/c3ccc(C(=O)OC)cc3)SC2=S)CC1. The van der Waals surface area contributed by atoms with Crippen molar-refractivity contribution < 1.29 is 28.7 Å². The first-order valence-corrected chi connectivity index (χ1v) is 11.7. The number of ether oxygens (including phenoxy) is 2. The molecule has 2 heterocycles. The molecule has 1 aromatic rings. The first-order valence-electron chi connectivity index (χ1n) is 10.5. The monoisotopic (exact) mass is 491 g/mol. The smallest absolute Gasteiger partial charge is 0.409 e. The normalized spacial score (nSPS) is 17.5. The lowest BCUT2D eigenvalue weighted by atomic mass is 10.1. The zero-order chi connectivity index (χ0) is 24.0. The number of carbonyl (C=O) groups excluding carboxylic acids is 4. The summed E-state index contributed by atoms with van der Waals surface area (Å²) in [5, 5.41) is 0. The molecule has 0 saturated carbocycles. The number of nitrogens with zero attached hydrogens (tertiary/aromatic N) is 3. The van der Waals surface area contributed by atoms with Crippen molar-refractivity contribution in [2.75, 3.05) is 46.4 Å². The van der Waals surface area contributed by atoms with Crippen LogP contribution in [0.1, 0.15) is 29.3 Å². The maximum absolute atomic E-state index is 12.8. The molecule has 1 aromatic carbocycles. The molecule has 2 aliphatic heterocycles. The Kier molecular flexibility index (Phi) is 8.45. The largest absolute Gasteiger partial charge is 0.465 e. The fourth-order valence-corrected chi connectivity index (χ4v) is 4.70. The average molecular weight is 492 g/mol. The summed E-state index contributed by atoms with van der Waals surface area (Å²) in [4.78, 5) is 53.9. The Labute approximate surface area is 201 Å². The van der Waals surface area contributed by atoms with Gasteiger partial charge in [0.2, 0.25) is 5.91 Å². The van der Waals surface area contributed by atoms with E-state index in [0.717, 1.165) is 5.56 Å². The standard InChI is InChI=1S/C22H25N3O6S2/c1-3-31-21(29)24-12-10-23(11-13-24)18(26)8-9-25-19(27)17(33-22(25)32)14-15-4-6-16(7-5-15)20(28)30-2/h4-7,14H,3,8-13H2,1-2H3/b17-14-. The van der Waals surface area contributed by atoms with E-state index in [0.29, 0.717) is 47.6 Å². The van der Waals surface area contributed by atoms with Crippen molar-refractivity contribution in [3.8, 4) is 0 Å². The number of rotatable bonds is 6. The second-order valence-corrected chi connectivity index (χ2v) is 8.94. The van der Waals surface area contributed by atoms with Gasteiger partial charge in [-0.15, -0.1) is 0 Å². The van der Waals surface area contributed by atoms with Gasteiger partial charge in [-0.05, 0) is 30.7 Å². The number of hydrogen-bond acceptors (Lipinski definition) is 8. The third-order valence-corrected chi connectivity index (χ3v) is 6.59. The second-order valence-electron chi connectivity index (χ2n) is 7.26. The minimum Gasteiger partial charge on any atom is -0.465 e.